The normalized spacial score (nSPS) is 32.8. The topological polar surface area (TPSA) is 41.6 Å². The molecule has 2 fully saturated rings. The summed E-state index contributed by atoms with van der Waals surface area (Å²) < 4.78 is 5.76. The highest BCUT2D eigenvalue weighted by molar-refractivity contribution is 5.78. The molecule has 0 aromatic heterocycles. The zero-order chi connectivity index (χ0) is 13.3. The number of hydrogen-bond acceptors (Lipinski definition) is 3. The van der Waals surface area contributed by atoms with Crippen LogP contribution in [-0.4, -0.2) is 49.2 Å². The van der Waals surface area contributed by atoms with Gasteiger partial charge in [-0.3, -0.25) is 4.79 Å². The first-order valence-corrected chi connectivity index (χ1v) is 7.15. The van der Waals surface area contributed by atoms with Crippen LogP contribution in [0.1, 0.15) is 34.1 Å². The second kappa shape index (κ2) is 5.17. The van der Waals surface area contributed by atoms with Gasteiger partial charge in [0.1, 0.15) is 0 Å². The molecule has 2 rings (SSSR count). The van der Waals surface area contributed by atoms with Crippen LogP contribution in [0.15, 0.2) is 0 Å². The average Bonchev–Trinajstić information content (AvgIpc) is 2.77. The van der Waals surface area contributed by atoms with Crippen molar-refractivity contribution >= 4 is 5.91 Å². The molecule has 1 saturated heterocycles. The van der Waals surface area contributed by atoms with E-state index in [4.69, 9.17) is 4.74 Å². The summed E-state index contributed by atoms with van der Waals surface area (Å²) in [6.45, 7) is 11.4. The Morgan fingerprint density at radius 3 is 2.67 bits per heavy atom. The highest BCUT2D eigenvalue weighted by Gasteiger charge is 2.59. The van der Waals surface area contributed by atoms with Gasteiger partial charge >= 0.3 is 0 Å². The van der Waals surface area contributed by atoms with E-state index in [0.717, 1.165) is 26.1 Å². The molecule has 4 heteroatoms. The van der Waals surface area contributed by atoms with Crippen molar-refractivity contribution in [2.75, 3.05) is 26.2 Å². The van der Waals surface area contributed by atoms with E-state index in [1.807, 2.05) is 18.7 Å². The van der Waals surface area contributed by atoms with Crippen molar-refractivity contribution in [2.45, 2.75) is 46.3 Å². The number of ether oxygens (including phenoxy) is 1. The van der Waals surface area contributed by atoms with Crippen molar-refractivity contribution in [1.29, 1.82) is 0 Å². The third-order valence-corrected chi connectivity index (χ3v) is 4.69. The van der Waals surface area contributed by atoms with Crippen LogP contribution in [0, 0.1) is 11.3 Å². The average molecular weight is 254 g/mol. The predicted molar refractivity (Wildman–Crippen MR) is 71.3 cm³/mol. The lowest BCUT2D eigenvalue weighted by atomic mass is 9.57. The molecule has 0 aromatic rings. The van der Waals surface area contributed by atoms with Crippen LogP contribution < -0.4 is 5.32 Å². The fourth-order valence-electron chi connectivity index (χ4n) is 3.62. The van der Waals surface area contributed by atoms with Gasteiger partial charge in [0.15, 0.2) is 0 Å². The monoisotopic (exact) mass is 254 g/mol. The van der Waals surface area contributed by atoms with Gasteiger partial charge in [-0.25, -0.2) is 0 Å². The molecule has 4 nitrogen and oxygen atoms in total. The minimum Gasteiger partial charge on any atom is -0.377 e. The van der Waals surface area contributed by atoms with Crippen LogP contribution in [0.2, 0.25) is 0 Å². The summed E-state index contributed by atoms with van der Waals surface area (Å²) in [6.07, 6.45) is 1.52. The second-order valence-corrected chi connectivity index (χ2v) is 5.99. The molecule has 1 amide bonds. The zero-order valence-electron chi connectivity index (χ0n) is 12.0. The first-order valence-electron chi connectivity index (χ1n) is 7.15. The van der Waals surface area contributed by atoms with Crippen LogP contribution in [0.5, 0.6) is 0 Å². The van der Waals surface area contributed by atoms with E-state index < -0.39 is 0 Å². The first-order chi connectivity index (χ1) is 8.52. The van der Waals surface area contributed by atoms with Crippen molar-refractivity contribution < 1.29 is 9.53 Å². The largest absolute Gasteiger partial charge is 0.377 e. The van der Waals surface area contributed by atoms with Crippen molar-refractivity contribution in [1.82, 2.24) is 10.2 Å². The number of likely N-dealkylation sites (N-methyl/N-ethyl adjacent to an activating group) is 1. The number of hydrogen-bond donors (Lipinski definition) is 1. The van der Waals surface area contributed by atoms with Gasteiger partial charge in [-0.2, -0.15) is 0 Å². The highest BCUT2D eigenvalue weighted by Crippen LogP contribution is 2.51. The van der Waals surface area contributed by atoms with Crippen molar-refractivity contribution in [3.05, 3.63) is 0 Å². The molecule has 1 aliphatic carbocycles. The number of carbonyl (C=O) groups excluding carboxylic acids is 1. The number of fused-ring (bicyclic) bond motifs is 1. The van der Waals surface area contributed by atoms with E-state index >= 15 is 0 Å². The first kappa shape index (κ1) is 13.8. The van der Waals surface area contributed by atoms with E-state index in [-0.39, 0.29) is 11.3 Å². The minimum absolute atomic E-state index is 0.157. The molecule has 0 spiro atoms. The fourth-order valence-corrected chi connectivity index (χ4v) is 3.62. The second-order valence-electron chi connectivity index (χ2n) is 5.99. The molecular formula is C14H26N2O2. The van der Waals surface area contributed by atoms with Crippen LogP contribution in [0.4, 0.5) is 0 Å². The Labute approximate surface area is 110 Å². The van der Waals surface area contributed by atoms with E-state index in [1.54, 1.807) is 0 Å². The van der Waals surface area contributed by atoms with Gasteiger partial charge in [0.2, 0.25) is 5.91 Å². The summed E-state index contributed by atoms with van der Waals surface area (Å²) in [7, 11) is 0. The summed E-state index contributed by atoms with van der Waals surface area (Å²) in [4.78, 5) is 13.9. The van der Waals surface area contributed by atoms with E-state index in [0.29, 0.717) is 24.6 Å². The maximum Gasteiger partial charge on any atom is 0.236 e. The molecule has 3 unspecified atom stereocenters. The molecule has 0 radical (unpaired) electrons. The zero-order valence-corrected chi connectivity index (χ0v) is 12.0. The third kappa shape index (κ3) is 2.16. The molecule has 0 bridgehead atoms. The fraction of sp³-hybridized carbons (Fsp3) is 0.929. The quantitative estimate of drug-likeness (QED) is 0.803. The summed E-state index contributed by atoms with van der Waals surface area (Å²) in [5.74, 6) is 0.808. The predicted octanol–water partition coefficient (Wildman–Crippen LogP) is 1.26. The van der Waals surface area contributed by atoms with Crippen LogP contribution in [0.3, 0.4) is 0 Å². The molecule has 3 atom stereocenters. The molecule has 1 N–H and O–H groups in total. The molecule has 0 aromatic carbocycles. The number of amides is 1. The number of nitrogens with one attached hydrogen (secondary N) is 1. The summed E-state index contributed by atoms with van der Waals surface area (Å²) in [5, 5.41) is 3.46. The van der Waals surface area contributed by atoms with Gasteiger partial charge in [0.25, 0.3) is 0 Å². The highest BCUT2D eigenvalue weighted by atomic mass is 16.5. The lowest BCUT2D eigenvalue weighted by Gasteiger charge is -2.54. The molecule has 104 valence electrons. The molecule has 18 heavy (non-hydrogen) atoms. The smallest absolute Gasteiger partial charge is 0.236 e. The molecule has 1 aliphatic heterocycles. The minimum atomic E-state index is 0.157. The van der Waals surface area contributed by atoms with E-state index in [2.05, 4.69) is 19.2 Å². The van der Waals surface area contributed by atoms with Gasteiger partial charge in [0.05, 0.1) is 12.6 Å². The number of rotatable bonds is 5. The summed E-state index contributed by atoms with van der Waals surface area (Å²) in [5.41, 5.74) is 0.157. The van der Waals surface area contributed by atoms with Gasteiger partial charge in [-0.15, -0.1) is 0 Å². The van der Waals surface area contributed by atoms with Crippen molar-refractivity contribution in [3.63, 3.8) is 0 Å². The van der Waals surface area contributed by atoms with Gasteiger partial charge in [-0.1, -0.05) is 13.8 Å². The number of carbonyl (C=O) groups is 1. The third-order valence-electron chi connectivity index (χ3n) is 4.69. The van der Waals surface area contributed by atoms with Crippen LogP contribution in [-0.2, 0) is 9.53 Å². The maximum atomic E-state index is 12.0. The van der Waals surface area contributed by atoms with Crippen molar-refractivity contribution in [3.8, 4) is 0 Å². The van der Waals surface area contributed by atoms with E-state index in [9.17, 15) is 4.79 Å². The van der Waals surface area contributed by atoms with Gasteiger partial charge in [0, 0.05) is 37.1 Å². The molecule has 1 heterocycles. The Kier molecular flexibility index (Phi) is 3.97. The van der Waals surface area contributed by atoms with E-state index in [1.165, 1.54) is 0 Å². The lowest BCUT2D eigenvalue weighted by Crippen LogP contribution is -2.66. The Bertz CT molecular complexity index is 313. The van der Waals surface area contributed by atoms with Crippen LogP contribution >= 0.6 is 0 Å². The van der Waals surface area contributed by atoms with Gasteiger partial charge in [-0.05, 0) is 20.3 Å². The standard InChI is InChI=1S/C14H26N2O2/c1-5-16(6-2)11(17)9-15-12-10-7-8-18-13(10)14(12,3)4/h10,12-13,15H,5-9H2,1-4H3. The Hall–Kier alpha value is -0.610. The maximum absolute atomic E-state index is 12.0. The Balaban J connectivity index is 1.85. The molecule has 1 saturated carbocycles. The molecular weight excluding hydrogens is 228 g/mol. The number of nitrogens with zero attached hydrogens (tertiary/aromatic N) is 1. The van der Waals surface area contributed by atoms with Crippen molar-refractivity contribution in [2.24, 2.45) is 11.3 Å². The Morgan fingerprint density at radius 1 is 1.39 bits per heavy atom. The van der Waals surface area contributed by atoms with Gasteiger partial charge < -0.3 is 15.0 Å². The Morgan fingerprint density at radius 2 is 2.06 bits per heavy atom. The SMILES string of the molecule is CCN(CC)C(=O)CNC1C2CCOC2C1(C)C. The summed E-state index contributed by atoms with van der Waals surface area (Å²) >= 11 is 0. The summed E-state index contributed by atoms with van der Waals surface area (Å²) in [6, 6.07) is 0.421. The van der Waals surface area contributed by atoms with Crippen LogP contribution in [0.25, 0.3) is 0 Å². The molecule has 2 aliphatic rings. The lowest BCUT2D eigenvalue weighted by molar-refractivity contribution is -0.134.